The van der Waals surface area contributed by atoms with Crippen molar-refractivity contribution in [3.63, 3.8) is 0 Å². The third-order valence-corrected chi connectivity index (χ3v) is 6.96. The molecule has 2 heterocycles. The highest BCUT2D eigenvalue weighted by Crippen LogP contribution is 2.44. The Bertz CT molecular complexity index is 1560. The average molecular weight is 508 g/mol. The number of amides is 2. The third-order valence-electron chi connectivity index (χ3n) is 5.86. The standard InChI is InChI=1S/C28H21N5O3S/c1-17(34)30-19-11-13-20(14-12-19)33-26-21-9-5-6-10-24(21)37-16-23(26)25(32-33)27(35)22(15-29)28(36)31-18-7-3-2-4-8-18/h2-14,22H,16H2,1H3,(H,30,34)(H,31,36). The monoisotopic (exact) mass is 507 g/mol. The number of carbonyl (C=O) groups excluding carboxylic acids is 3. The molecule has 2 N–H and O–H groups in total. The lowest BCUT2D eigenvalue weighted by Crippen LogP contribution is -2.29. The highest BCUT2D eigenvalue weighted by Gasteiger charge is 2.35. The first-order valence-corrected chi connectivity index (χ1v) is 12.5. The molecule has 5 rings (SSSR count). The Kier molecular flexibility index (Phi) is 6.58. The molecule has 1 aliphatic rings. The highest BCUT2D eigenvalue weighted by molar-refractivity contribution is 7.98. The number of rotatable bonds is 6. The number of Topliss-reactive ketones (excluding diaryl/α,β-unsaturated/α-hetero) is 1. The maximum absolute atomic E-state index is 13.6. The third kappa shape index (κ3) is 4.75. The Morgan fingerprint density at radius 1 is 0.946 bits per heavy atom. The molecule has 1 unspecified atom stereocenters. The second-order valence-corrected chi connectivity index (χ2v) is 9.40. The first kappa shape index (κ1) is 24.0. The number of hydrogen-bond acceptors (Lipinski definition) is 6. The van der Waals surface area contributed by atoms with Crippen LogP contribution < -0.4 is 10.6 Å². The van der Waals surface area contributed by atoms with Crippen LogP contribution in [-0.2, 0) is 15.3 Å². The van der Waals surface area contributed by atoms with Crippen LogP contribution in [0.3, 0.4) is 0 Å². The van der Waals surface area contributed by atoms with E-state index in [4.69, 9.17) is 0 Å². The summed E-state index contributed by atoms with van der Waals surface area (Å²) in [5.74, 6) is -2.63. The summed E-state index contributed by atoms with van der Waals surface area (Å²) in [6, 6.07) is 25.5. The van der Waals surface area contributed by atoms with E-state index in [2.05, 4.69) is 15.7 Å². The summed E-state index contributed by atoms with van der Waals surface area (Å²) in [5.41, 5.74) is 4.22. The molecule has 182 valence electrons. The van der Waals surface area contributed by atoms with Gasteiger partial charge in [0, 0.05) is 40.1 Å². The van der Waals surface area contributed by atoms with Gasteiger partial charge in [0.25, 0.3) is 0 Å². The molecule has 0 spiro atoms. The van der Waals surface area contributed by atoms with Crippen LogP contribution in [0, 0.1) is 17.2 Å². The van der Waals surface area contributed by atoms with Gasteiger partial charge in [0.1, 0.15) is 5.69 Å². The first-order valence-electron chi connectivity index (χ1n) is 11.5. The normalized spacial score (nSPS) is 12.4. The Morgan fingerprint density at radius 2 is 1.62 bits per heavy atom. The lowest BCUT2D eigenvalue weighted by Gasteiger charge is -2.18. The maximum atomic E-state index is 13.6. The van der Waals surface area contributed by atoms with Gasteiger partial charge in [-0.2, -0.15) is 10.4 Å². The van der Waals surface area contributed by atoms with Gasteiger partial charge >= 0.3 is 0 Å². The van der Waals surface area contributed by atoms with Crippen molar-refractivity contribution < 1.29 is 14.4 Å². The number of nitrogens with one attached hydrogen (secondary N) is 2. The molecule has 9 heteroatoms. The molecule has 0 saturated heterocycles. The van der Waals surface area contributed by atoms with Gasteiger partial charge in [-0.25, -0.2) is 4.68 Å². The fourth-order valence-electron chi connectivity index (χ4n) is 4.18. The highest BCUT2D eigenvalue weighted by atomic mass is 32.2. The minimum absolute atomic E-state index is 0.0951. The summed E-state index contributed by atoms with van der Waals surface area (Å²) in [4.78, 5) is 38.9. The SMILES string of the molecule is CC(=O)Nc1ccc(-n2nc(C(=O)C(C#N)C(=O)Nc3ccccc3)c3c2-c2ccccc2SC3)cc1. The molecule has 0 saturated carbocycles. The molecular weight excluding hydrogens is 486 g/mol. The number of nitriles is 1. The number of thioether (sulfide) groups is 1. The van der Waals surface area contributed by atoms with E-state index in [1.807, 2.05) is 30.3 Å². The maximum Gasteiger partial charge on any atom is 0.249 e. The smallest absolute Gasteiger partial charge is 0.249 e. The molecule has 0 bridgehead atoms. The summed E-state index contributed by atoms with van der Waals surface area (Å²) >= 11 is 1.57. The molecule has 1 aliphatic heterocycles. The summed E-state index contributed by atoms with van der Waals surface area (Å²) in [6.07, 6.45) is 0. The van der Waals surface area contributed by atoms with Crippen molar-refractivity contribution in [2.75, 3.05) is 10.6 Å². The van der Waals surface area contributed by atoms with E-state index in [0.29, 0.717) is 28.4 Å². The summed E-state index contributed by atoms with van der Waals surface area (Å²) < 4.78 is 1.67. The van der Waals surface area contributed by atoms with Crippen molar-refractivity contribution in [3.05, 3.63) is 90.1 Å². The van der Waals surface area contributed by atoms with Crippen LogP contribution in [-0.4, -0.2) is 27.4 Å². The van der Waals surface area contributed by atoms with Gasteiger partial charge < -0.3 is 10.6 Å². The van der Waals surface area contributed by atoms with Crippen molar-refractivity contribution in [3.8, 4) is 23.0 Å². The van der Waals surface area contributed by atoms with Gasteiger partial charge in [0.15, 0.2) is 5.92 Å². The molecule has 0 fully saturated rings. The summed E-state index contributed by atoms with van der Waals surface area (Å²) in [6.45, 7) is 1.43. The van der Waals surface area contributed by atoms with Gasteiger partial charge in [-0.1, -0.05) is 36.4 Å². The van der Waals surface area contributed by atoms with Crippen LogP contribution >= 0.6 is 11.8 Å². The Morgan fingerprint density at radius 3 is 2.32 bits per heavy atom. The lowest BCUT2D eigenvalue weighted by atomic mass is 9.97. The number of benzene rings is 3. The zero-order valence-electron chi connectivity index (χ0n) is 19.8. The summed E-state index contributed by atoms with van der Waals surface area (Å²) in [7, 11) is 0. The molecule has 0 aliphatic carbocycles. The average Bonchev–Trinajstić information content (AvgIpc) is 3.30. The van der Waals surface area contributed by atoms with Crippen LogP contribution in [0.1, 0.15) is 23.0 Å². The number of nitrogens with zero attached hydrogens (tertiary/aromatic N) is 3. The van der Waals surface area contributed by atoms with Crippen molar-refractivity contribution in [1.29, 1.82) is 5.26 Å². The van der Waals surface area contributed by atoms with Crippen molar-refractivity contribution in [1.82, 2.24) is 9.78 Å². The van der Waals surface area contributed by atoms with E-state index >= 15 is 0 Å². The van der Waals surface area contributed by atoms with Gasteiger partial charge in [-0.3, -0.25) is 14.4 Å². The molecular formula is C28H21N5O3S. The minimum atomic E-state index is -1.56. The molecule has 2 amide bonds. The van der Waals surface area contributed by atoms with Gasteiger partial charge in [-0.05, 0) is 42.5 Å². The van der Waals surface area contributed by atoms with E-state index < -0.39 is 17.6 Å². The van der Waals surface area contributed by atoms with Gasteiger partial charge in [0.2, 0.25) is 17.6 Å². The Hall–Kier alpha value is -4.68. The number of hydrogen-bond donors (Lipinski definition) is 2. The van der Waals surface area contributed by atoms with E-state index in [1.54, 1.807) is 71.0 Å². The molecule has 3 aromatic carbocycles. The first-order chi connectivity index (χ1) is 18.0. The van der Waals surface area contributed by atoms with Gasteiger partial charge in [0.05, 0.1) is 17.5 Å². The summed E-state index contributed by atoms with van der Waals surface area (Å²) in [5, 5.41) is 19.8. The Labute approximate surface area is 217 Å². The zero-order valence-corrected chi connectivity index (χ0v) is 20.6. The Balaban J connectivity index is 1.57. The zero-order chi connectivity index (χ0) is 25.9. The number of anilines is 2. The minimum Gasteiger partial charge on any atom is -0.326 e. The molecule has 4 aromatic rings. The van der Waals surface area contributed by atoms with E-state index in [0.717, 1.165) is 16.2 Å². The van der Waals surface area contributed by atoms with Crippen LogP contribution in [0.2, 0.25) is 0 Å². The fraction of sp³-hybridized carbons (Fsp3) is 0.107. The van der Waals surface area contributed by atoms with Crippen molar-refractivity contribution in [2.45, 2.75) is 17.6 Å². The van der Waals surface area contributed by atoms with Crippen molar-refractivity contribution >= 4 is 40.7 Å². The van der Waals surface area contributed by atoms with Crippen LogP contribution in [0.4, 0.5) is 11.4 Å². The van der Waals surface area contributed by atoms with Gasteiger partial charge in [-0.15, -0.1) is 11.8 Å². The largest absolute Gasteiger partial charge is 0.326 e. The predicted octanol–water partition coefficient (Wildman–Crippen LogP) is 5.06. The van der Waals surface area contributed by atoms with Crippen LogP contribution in [0.5, 0.6) is 0 Å². The number of carbonyl (C=O) groups is 3. The molecule has 8 nitrogen and oxygen atoms in total. The molecule has 1 aromatic heterocycles. The van der Waals surface area contributed by atoms with E-state index in [-0.39, 0.29) is 11.6 Å². The fourth-order valence-corrected chi connectivity index (χ4v) is 5.25. The molecule has 37 heavy (non-hydrogen) atoms. The molecule has 0 radical (unpaired) electrons. The number of aromatic nitrogens is 2. The second-order valence-electron chi connectivity index (χ2n) is 8.38. The van der Waals surface area contributed by atoms with E-state index in [1.165, 1.54) is 6.92 Å². The van der Waals surface area contributed by atoms with Crippen LogP contribution in [0.15, 0.2) is 83.8 Å². The lowest BCUT2D eigenvalue weighted by molar-refractivity contribution is -0.117. The number of para-hydroxylation sites is 1. The van der Waals surface area contributed by atoms with Crippen LogP contribution in [0.25, 0.3) is 16.9 Å². The van der Waals surface area contributed by atoms with Crippen molar-refractivity contribution in [2.24, 2.45) is 5.92 Å². The quantitative estimate of drug-likeness (QED) is 0.278. The predicted molar refractivity (Wildman–Crippen MR) is 141 cm³/mol. The van der Waals surface area contributed by atoms with E-state index in [9.17, 15) is 19.6 Å². The number of fused-ring (bicyclic) bond motifs is 3. The second kappa shape index (κ2) is 10.1. The number of ketones is 1. The molecule has 1 atom stereocenters. The topological polar surface area (TPSA) is 117 Å².